The molecule has 1 atom stereocenters. The lowest BCUT2D eigenvalue weighted by Gasteiger charge is -2.00. The molecule has 0 spiro atoms. The normalized spacial score (nSPS) is 12.9. The monoisotopic (exact) mass is 317 g/mol. The van der Waals surface area contributed by atoms with Crippen molar-refractivity contribution in [1.82, 2.24) is 4.98 Å². The molecule has 0 aliphatic rings. The van der Waals surface area contributed by atoms with E-state index in [0.29, 0.717) is 0 Å². The van der Waals surface area contributed by atoms with Crippen LogP contribution in [-0.2, 0) is 4.79 Å². The van der Waals surface area contributed by atoms with Gasteiger partial charge in [0.25, 0.3) is 0 Å². The van der Waals surface area contributed by atoms with Crippen molar-refractivity contribution in [2.75, 3.05) is 0 Å². The van der Waals surface area contributed by atoms with Crippen LogP contribution in [0.15, 0.2) is 27.0 Å². The average Bonchev–Trinajstić information content (AvgIpc) is 2.58. The summed E-state index contributed by atoms with van der Waals surface area (Å²) in [6.07, 6.45) is 0. The third-order valence-corrected chi connectivity index (χ3v) is 4.65. The summed E-state index contributed by atoms with van der Waals surface area (Å²) in [6.45, 7) is 1.66. The number of halogens is 1. The van der Waals surface area contributed by atoms with Crippen LogP contribution in [0.5, 0.6) is 0 Å². The Bertz CT molecular complexity index is 541. The van der Waals surface area contributed by atoms with E-state index in [-0.39, 0.29) is 0 Å². The Morgan fingerprint density at radius 2 is 2.38 bits per heavy atom. The largest absolute Gasteiger partial charge is 0.480 e. The third kappa shape index (κ3) is 2.56. The lowest BCUT2D eigenvalue weighted by atomic mass is 10.3. The number of rotatable bonds is 3. The molecule has 0 radical (unpaired) electrons. The van der Waals surface area contributed by atoms with Crippen molar-refractivity contribution in [1.29, 1.82) is 0 Å². The number of thiazole rings is 1. The third-order valence-electron chi connectivity index (χ3n) is 1.96. The van der Waals surface area contributed by atoms with Crippen molar-refractivity contribution in [2.45, 2.75) is 16.5 Å². The minimum atomic E-state index is -0.814. The molecule has 3 nitrogen and oxygen atoms in total. The highest BCUT2D eigenvalue weighted by Gasteiger charge is 2.15. The van der Waals surface area contributed by atoms with Gasteiger partial charge in [-0.05, 0) is 25.1 Å². The van der Waals surface area contributed by atoms with Gasteiger partial charge >= 0.3 is 5.97 Å². The molecule has 1 heterocycles. The summed E-state index contributed by atoms with van der Waals surface area (Å²) in [7, 11) is 0. The number of carboxylic acid groups (broad SMARTS) is 1. The molecule has 1 aromatic carbocycles. The number of carbonyl (C=O) groups is 1. The maximum absolute atomic E-state index is 10.7. The van der Waals surface area contributed by atoms with Gasteiger partial charge in [0.2, 0.25) is 0 Å². The van der Waals surface area contributed by atoms with E-state index in [2.05, 4.69) is 20.9 Å². The second-order valence-corrected chi connectivity index (χ2v) is 6.72. The molecule has 1 N–H and O–H groups in total. The number of thioether (sulfide) groups is 1. The van der Waals surface area contributed by atoms with Crippen molar-refractivity contribution in [3.05, 3.63) is 22.7 Å². The summed E-state index contributed by atoms with van der Waals surface area (Å²) in [5.41, 5.74) is 0.910. The Balaban J connectivity index is 2.29. The maximum Gasteiger partial charge on any atom is 0.316 e. The summed E-state index contributed by atoms with van der Waals surface area (Å²) in [6, 6.07) is 5.84. The van der Waals surface area contributed by atoms with Gasteiger partial charge in [-0.2, -0.15) is 0 Å². The van der Waals surface area contributed by atoms with Gasteiger partial charge in [-0.3, -0.25) is 4.79 Å². The van der Waals surface area contributed by atoms with Crippen molar-refractivity contribution >= 4 is 55.2 Å². The molecule has 2 aromatic rings. The molecular weight excluding hydrogens is 310 g/mol. The fraction of sp³-hybridized carbons (Fsp3) is 0.200. The Kier molecular flexibility index (Phi) is 3.51. The maximum atomic E-state index is 10.7. The minimum Gasteiger partial charge on any atom is -0.480 e. The van der Waals surface area contributed by atoms with E-state index in [0.717, 1.165) is 19.0 Å². The van der Waals surface area contributed by atoms with E-state index in [1.54, 1.807) is 6.92 Å². The quantitative estimate of drug-likeness (QED) is 0.878. The van der Waals surface area contributed by atoms with Crippen molar-refractivity contribution in [3.8, 4) is 0 Å². The van der Waals surface area contributed by atoms with Crippen LogP contribution in [0.2, 0.25) is 0 Å². The highest BCUT2D eigenvalue weighted by atomic mass is 79.9. The zero-order valence-electron chi connectivity index (χ0n) is 8.31. The molecule has 0 bridgehead atoms. The van der Waals surface area contributed by atoms with Crippen molar-refractivity contribution in [2.24, 2.45) is 0 Å². The molecule has 0 aliphatic heterocycles. The zero-order chi connectivity index (χ0) is 11.7. The van der Waals surface area contributed by atoms with E-state index in [1.165, 1.54) is 23.1 Å². The first-order valence-corrected chi connectivity index (χ1v) is 7.01. The molecule has 1 aromatic heterocycles. The molecule has 1 unspecified atom stereocenters. The first-order chi connectivity index (χ1) is 7.56. The van der Waals surface area contributed by atoms with Gasteiger partial charge in [0, 0.05) is 4.47 Å². The first kappa shape index (κ1) is 11.9. The molecule has 6 heteroatoms. The fourth-order valence-corrected chi connectivity index (χ4v) is 3.83. The zero-order valence-corrected chi connectivity index (χ0v) is 11.5. The number of aromatic nitrogens is 1. The molecule has 16 heavy (non-hydrogen) atoms. The molecule has 0 aliphatic carbocycles. The Morgan fingerprint density at radius 3 is 3.06 bits per heavy atom. The first-order valence-electron chi connectivity index (χ1n) is 4.52. The van der Waals surface area contributed by atoms with Gasteiger partial charge in [0.05, 0.1) is 10.2 Å². The summed E-state index contributed by atoms with van der Waals surface area (Å²) >= 11 is 6.19. The van der Waals surface area contributed by atoms with Crippen LogP contribution in [0.3, 0.4) is 0 Å². The van der Waals surface area contributed by atoms with Crippen LogP contribution < -0.4 is 0 Å². The van der Waals surface area contributed by atoms with Crippen LogP contribution in [0.25, 0.3) is 10.2 Å². The van der Waals surface area contributed by atoms with Gasteiger partial charge in [-0.15, -0.1) is 11.3 Å². The van der Waals surface area contributed by atoms with Crippen LogP contribution in [-0.4, -0.2) is 21.3 Å². The van der Waals surface area contributed by atoms with Crippen LogP contribution >= 0.6 is 39.0 Å². The summed E-state index contributed by atoms with van der Waals surface area (Å²) < 4.78 is 2.86. The highest BCUT2D eigenvalue weighted by Crippen LogP contribution is 2.33. The standard InChI is InChI=1S/C10H8BrNO2S2/c1-5(9(13)14)15-10-12-7-3-2-6(11)4-8(7)16-10/h2-5H,1H3,(H,13,14). The topological polar surface area (TPSA) is 50.2 Å². The number of hydrogen-bond donors (Lipinski definition) is 1. The number of nitrogens with zero attached hydrogens (tertiary/aromatic N) is 1. The Hall–Kier alpha value is -0.590. The van der Waals surface area contributed by atoms with E-state index >= 15 is 0 Å². The highest BCUT2D eigenvalue weighted by molar-refractivity contribution is 9.10. The van der Waals surface area contributed by atoms with Crippen molar-refractivity contribution < 1.29 is 9.90 Å². The summed E-state index contributed by atoms with van der Waals surface area (Å²) in [5, 5.41) is 8.34. The number of hydrogen-bond acceptors (Lipinski definition) is 4. The molecular formula is C10H8BrNO2S2. The molecule has 2 rings (SSSR count). The van der Waals surface area contributed by atoms with Gasteiger partial charge in [0.15, 0.2) is 4.34 Å². The predicted octanol–water partition coefficient (Wildman–Crippen LogP) is 3.62. The lowest BCUT2D eigenvalue weighted by Crippen LogP contribution is -2.10. The number of benzene rings is 1. The van der Waals surface area contributed by atoms with E-state index in [9.17, 15) is 4.79 Å². The van der Waals surface area contributed by atoms with Crippen LogP contribution in [0, 0.1) is 0 Å². The van der Waals surface area contributed by atoms with Gasteiger partial charge in [0.1, 0.15) is 5.25 Å². The van der Waals surface area contributed by atoms with Gasteiger partial charge in [-0.25, -0.2) is 4.98 Å². The summed E-state index contributed by atoms with van der Waals surface area (Å²) in [4.78, 5) is 15.1. The number of carboxylic acids is 1. The van der Waals surface area contributed by atoms with Gasteiger partial charge < -0.3 is 5.11 Å². The lowest BCUT2D eigenvalue weighted by molar-refractivity contribution is -0.136. The smallest absolute Gasteiger partial charge is 0.316 e. The molecule has 0 saturated carbocycles. The SMILES string of the molecule is CC(Sc1nc2ccc(Br)cc2s1)C(=O)O. The Morgan fingerprint density at radius 1 is 1.62 bits per heavy atom. The minimum absolute atomic E-state index is 0.469. The van der Waals surface area contributed by atoms with Crippen LogP contribution in [0.1, 0.15) is 6.92 Å². The van der Waals surface area contributed by atoms with E-state index in [4.69, 9.17) is 5.11 Å². The van der Waals surface area contributed by atoms with E-state index in [1.807, 2.05) is 18.2 Å². The fourth-order valence-electron chi connectivity index (χ4n) is 1.13. The molecule has 0 amide bonds. The van der Waals surface area contributed by atoms with Gasteiger partial charge in [-0.1, -0.05) is 27.7 Å². The second-order valence-electron chi connectivity index (χ2n) is 3.19. The molecule has 84 valence electrons. The molecule has 0 saturated heterocycles. The average molecular weight is 318 g/mol. The number of fused-ring (bicyclic) bond motifs is 1. The summed E-state index contributed by atoms with van der Waals surface area (Å²) in [5.74, 6) is -0.814. The number of aliphatic carboxylic acids is 1. The predicted molar refractivity (Wildman–Crippen MR) is 70.3 cm³/mol. The van der Waals surface area contributed by atoms with E-state index < -0.39 is 11.2 Å². The second kappa shape index (κ2) is 4.73. The van der Waals surface area contributed by atoms with Crippen LogP contribution in [0.4, 0.5) is 0 Å². The van der Waals surface area contributed by atoms with Crippen molar-refractivity contribution in [3.63, 3.8) is 0 Å². The Labute approximate surface area is 109 Å². The molecule has 0 fully saturated rings.